The number of nitrogens with zero attached hydrogens (tertiary/aromatic N) is 1. The standard InChI is InChI=1S/C38H57NO7/c1-22(2)24-13-18-38(33(43)44)20-19-35(5)25(30(24)38)11-12-27-34(4)16-15-29(46-23(3)40)37(7,28(34)14-17-36(27,35)6)32(42)39-21-9-10-26(39)31(41)45-8/h24-30H,1,9-21H2,2-8H3,(H,43,44)/t24-,25+,26-,27+,28+,29+,30+,34+,35+,36+,37-,38-/m0/s1. The number of methoxy groups -OCH3 is 1. The second kappa shape index (κ2) is 11.1. The Bertz CT molecular complexity index is 1330. The van der Waals surface area contributed by atoms with Crippen LogP contribution in [0.2, 0.25) is 0 Å². The van der Waals surface area contributed by atoms with E-state index >= 15 is 0 Å². The number of carboxylic acids is 1. The Labute approximate surface area is 275 Å². The zero-order valence-electron chi connectivity index (χ0n) is 29.3. The first kappa shape index (κ1) is 33.5. The van der Waals surface area contributed by atoms with Gasteiger partial charge in [0.25, 0.3) is 0 Å². The average molecular weight is 640 g/mol. The molecule has 5 saturated carbocycles. The molecule has 0 unspecified atom stereocenters. The molecule has 0 spiro atoms. The number of ether oxygens (including phenoxy) is 2. The number of hydrogen-bond acceptors (Lipinski definition) is 6. The highest BCUT2D eigenvalue weighted by Gasteiger charge is 2.73. The first-order valence-corrected chi connectivity index (χ1v) is 18.0. The Balaban J connectivity index is 1.39. The van der Waals surface area contributed by atoms with Gasteiger partial charge in [0.15, 0.2) is 0 Å². The van der Waals surface area contributed by atoms with Crippen molar-refractivity contribution in [1.29, 1.82) is 0 Å². The molecule has 1 amide bonds. The highest BCUT2D eigenvalue weighted by molar-refractivity contribution is 5.89. The predicted octanol–water partition coefficient (Wildman–Crippen LogP) is 6.80. The van der Waals surface area contributed by atoms with Crippen LogP contribution in [0.15, 0.2) is 12.2 Å². The summed E-state index contributed by atoms with van der Waals surface area (Å²) in [6.45, 7) is 17.8. The van der Waals surface area contributed by atoms with Gasteiger partial charge in [0.05, 0.1) is 17.9 Å². The van der Waals surface area contributed by atoms with Crippen LogP contribution in [-0.2, 0) is 28.7 Å². The molecule has 0 radical (unpaired) electrons. The molecule has 1 saturated heterocycles. The molecule has 1 heterocycles. The van der Waals surface area contributed by atoms with Gasteiger partial charge in [-0.05, 0) is 137 Å². The number of rotatable bonds is 5. The van der Waals surface area contributed by atoms with E-state index in [-0.39, 0.29) is 51.8 Å². The van der Waals surface area contributed by atoms with Crippen LogP contribution in [0.25, 0.3) is 0 Å². The lowest BCUT2D eigenvalue weighted by Crippen LogP contribution is -2.69. The van der Waals surface area contributed by atoms with Gasteiger partial charge in [0, 0.05) is 13.5 Å². The van der Waals surface area contributed by atoms with E-state index in [2.05, 4.69) is 34.3 Å². The molecule has 1 N–H and O–H groups in total. The van der Waals surface area contributed by atoms with E-state index in [9.17, 15) is 24.3 Å². The van der Waals surface area contributed by atoms with Crippen molar-refractivity contribution in [2.24, 2.45) is 56.7 Å². The van der Waals surface area contributed by atoms with Gasteiger partial charge in [0.2, 0.25) is 5.91 Å². The van der Waals surface area contributed by atoms with Crippen molar-refractivity contribution in [1.82, 2.24) is 4.90 Å². The summed E-state index contributed by atoms with van der Waals surface area (Å²) in [5.41, 5.74) is -0.705. The van der Waals surface area contributed by atoms with Crippen molar-refractivity contribution in [3.05, 3.63) is 12.2 Å². The molecule has 8 heteroatoms. The van der Waals surface area contributed by atoms with E-state index < -0.39 is 28.9 Å². The van der Waals surface area contributed by atoms with Gasteiger partial charge in [-0.25, -0.2) is 4.79 Å². The summed E-state index contributed by atoms with van der Waals surface area (Å²) in [7, 11) is 1.37. The van der Waals surface area contributed by atoms with Gasteiger partial charge in [-0.2, -0.15) is 0 Å². The van der Waals surface area contributed by atoms with E-state index in [1.807, 2.05) is 6.92 Å². The third kappa shape index (κ3) is 4.28. The average Bonchev–Trinajstić information content (AvgIpc) is 3.64. The number of aliphatic carboxylic acids is 1. The maximum Gasteiger partial charge on any atom is 0.328 e. The van der Waals surface area contributed by atoms with Crippen molar-refractivity contribution in [2.75, 3.05) is 13.7 Å². The lowest BCUT2D eigenvalue weighted by molar-refractivity contribution is -0.251. The van der Waals surface area contributed by atoms with E-state index in [1.54, 1.807) is 4.90 Å². The number of carbonyl (C=O) groups excluding carboxylic acids is 3. The summed E-state index contributed by atoms with van der Waals surface area (Å²) >= 11 is 0. The van der Waals surface area contributed by atoms with Gasteiger partial charge in [-0.1, -0.05) is 32.9 Å². The zero-order chi connectivity index (χ0) is 33.6. The fraction of sp³-hybridized carbons (Fsp3) is 0.842. The SMILES string of the molecule is C=C(C)[C@@H]1CC[C@]2(C(=O)O)CC[C@]3(C)[C@H](CC[C@@H]4[C@@]5(C)CC[C@@H](OC(C)=O)[C@@](C)(C(=O)N6CCC[C@H]6C(=O)OC)[C@@H]5CC[C@]43C)[C@@H]12. The van der Waals surface area contributed by atoms with Crippen molar-refractivity contribution < 1.29 is 33.8 Å². The van der Waals surface area contributed by atoms with Crippen LogP contribution < -0.4 is 0 Å². The topological polar surface area (TPSA) is 110 Å². The largest absolute Gasteiger partial charge is 0.481 e. The molecule has 6 rings (SSSR count). The molecular formula is C38H57NO7. The highest BCUT2D eigenvalue weighted by Crippen LogP contribution is 2.77. The van der Waals surface area contributed by atoms with Gasteiger partial charge in [-0.15, -0.1) is 0 Å². The summed E-state index contributed by atoms with van der Waals surface area (Å²) in [6.07, 6.45) is 9.35. The quantitative estimate of drug-likeness (QED) is 0.260. The molecule has 12 atom stereocenters. The summed E-state index contributed by atoms with van der Waals surface area (Å²) < 4.78 is 11.1. The molecular weight excluding hydrogens is 582 g/mol. The fourth-order valence-electron chi connectivity index (χ4n) is 13.5. The maximum atomic E-state index is 14.9. The summed E-state index contributed by atoms with van der Waals surface area (Å²) in [5.74, 6) is -0.436. The summed E-state index contributed by atoms with van der Waals surface area (Å²) in [5, 5.41) is 10.7. The Morgan fingerprint density at radius 2 is 1.54 bits per heavy atom. The molecule has 0 aromatic rings. The molecule has 46 heavy (non-hydrogen) atoms. The van der Waals surface area contributed by atoms with Crippen molar-refractivity contribution in [3.8, 4) is 0 Å². The van der Waals surface area contributed by atoms with E-state index in [0.29, 0.717) is 31.2 Å². The molecule has 6 fully saturated rings. The van der Waals surface area contributed by atoms with Crippen LogP contribution in [0.1, 0.15) is 119 Å². The van der Waals surface area contributed by atoms with E-state index in [4.69, 9.17) is 9.47 Å². The predicted molar refractivity (Wildman–Crippen MR) is 173 cm³/mol. The summed E-state index contributed by atoms with van der Waals surface area (Å²) in [6, 6.07) is -0.604. The Morgan fingerprint density at radius 1 is 0.826 bits per heavy atom. The zero-order valence-corrected chi connectivity index (χ0v) is 29.3. The number of carboxylic acid groups (broad SMARTS) is 1. The number of fused-ring (bicyclic) bond motifs is 7. The Morgan fingerprint density at radius 3 is 2.17 bits per heavy atom. The van der Waals surface area contributed by atoms with Crippen LogP contribution in [0, 0.1) is 56.7 Å². The van der Waals surface area contributed by atoms with Gasteiger partial charge >= 0.3 is 17.9 Å². The molecule has 5 aliphatic carbocycles. The van der Waals surface area contributed by atoms with Crippen LogP contribution in [0.5, 0.6) is 0 Å². The minimum absolute atomic E-state index is 0.0147. The lowest BCUT2D eigenvalue weighted by Gasteiger charge is -2.72. The molecule has 0 aromatic carbocycles. The normalized spacial score (nSPS) is 47.9. The molecule has 256 valence electrons. The molecule has 0 aromatic heterocycles. The van der Waals surface area contributed by atoms with Gasteiger partial charge < -0.3 is 19.5 Å². The Kier molecular flexibility index (Phi) is 8.08. The molecule has 1 aliphatic heterocycles. The first-order valence-electron chi connectivity index (χ1n) is 18.0. The van der Waals surface area contributed by atoms with Crippen LogP contribution in [-0.4, -0.2) is 59.6 Å². The second-order valence-corrected chi connectivity index (χ2v) is 17.2. The number of likely N-dealkylation sites (tertiary alicyclic amines) is 1. The maximum absolute atomic E-state index is 14.9. The number of esters is 2. The molecule has 6 aliphatic rings. The Hall–Kier alpha value is -2.38. The highest BCUT2D eigenvalue weighted by atomic mass is 16.5. The van der Waals surface area contributed by atoms with Crippen LogP contribution >= 0.6 is 0 Å². The number of hydrogen-bond donors (Lipinski definition) is 1. The first-order chi connectivity index (χ1) is 21.5. The van der Waals surface area contributed by atoms with Crippen molar-refractivity contribution >= 4 is 23.8 Å². The van der Waals surface area contributed by atoms with E-state index in [1.165, 1.54) is 14.0 Å². The third-order valence-corrected chi connectivity index (χ3v) is 15.9. The number of allylic oxidation sites excluding steroid dienone is 1. The summed E-state index contributed by atoms with van der Waals surface area (Å²) in [4.78, 5) is 54.8. The number of amides is 1. The van der Waals surface area contributed by atoms with E-state index in [0.717, 1.165) is 69.8 Å². The van der Waals surface area contributed by atoms with Gasteiger partial charge in [0.1, 0.15) is 12.1 Å². The lowest BCUT2D eigenvalue weighted by atomic mass is 9.32. The van der Waals surface area contributed by atoms with Crippen molar-refractivity contribution in [2.45, 2.75) is 131 Å². The van der Waals surface area contributed by atoms with Crippen LogP contribution in [0.3, 0.4) is 0 Å². The van der Waals surface area contributed by atoms with Gasteiger partial charge in [-0.3, -0.25) is 14.4 Å². The minimum Gasteiger partial charge on any atom is -0.481 e. The molecule has 8 nitrogen and oxygen atoms in total. The fourth-order valence-corrected chi connectivity index (χ4v) is 13.5. The van der Waals surface area contributed by atoms with Crippen LogP contribution in [0.4, 0.5) is 0 Å². The molecule has 0 bridgehead atoms. The monoisotopic (exact) mass is 639 g/mol. The third-order valence-electron chi connectivity index (χ3n) is 15.9. The minimum atomic E-state index is -0.962. The van der Waals surface area contributed by atoms with Crippen molar-refractivity contribution in [3.63, 3.8) is 0 Å². The number of carbonyl (C=O) groups is 4. The smallest absolute Gasteiger partial charge is 0.328 e. The second-order valence-electron chi connectivity index (χ2n) is 17.2.